The van der Waals surface area contributed by atoms with Gasteiger partial charge in [0.2, 0.25) is 0 Å². The summed E-state index contributed by atoms with van der Waals surface area (Å²) in [6, 6.07) is 15.1. The first kappa shape index (κ1) is 31.5. The van der Waals surface area contributed by atoms with Crippen molar-refractivity contribution in [2.45, 2.75) is 32.0 Å². The van der Waals surface area contributed by atoms with E-state index in [-0.39, 0.29) is 24.5 Å². The molecular weight excluding hydrogens is 557 g/mol. The van der Waals surface area contributed by atoms with E-state index in [1.165, 1.54) is 36.4 Å². The quantitative estimate of drug-likeness (QED) is 0.0818. The molecule has 222 valence electrons. The summed E-state index contributed by atoms with van der Waals surface area (Å²) in [5.74, 6) is -2.01. The van der Waals surface area contributed by atoms with Crippen LogP contribution in [0.15, 0.2) is 72.8 Å². The van der Waals surface area contributed by atoms with Crippen LogP contribution in [0.2, 0.25) is 0 Å². The van der Waals surface area contributed by atoms with Gasteiger partial charge in [0.15, 0.2) is 0 Å². The van der Waals surface area contributed by atoms with Crippen molar-refractivity contribution in [1.29, 1.82) is 0 Å². The van der Waals surface area contributed by atoms with Crippen LogP contribution in [0.1, 0.15) is 52.0 Å². The van der Waals surface area contributed by atoms with Crippen molar-refractivity contribution in [3.05, 3.63) is 89.5 Å². The van der Waals surface area contributed by atoms with E-state index in [0.717, 1.165) is 37.1 Å². The molecule has 0 spiro atoms. The topological polar surface area (TPSA) is 140 Å². The average Bonchev–Trinajstić information content (AvgIpc) is 2.93. The Balaban J connectivity index is 1.29. The van der Waals surface area contributed by atoms with Gasteiger partial charge in [-0.25, -0.2) is 14.4 Å². The maximum Gasteiger partial charge on any atom is 0.573 e. The fraction of sp³-hybridized carbons (Fsp3) is 0.233. The molecule has 0 aromatic heterocycles. The highest BCUT2D eigenvalue weighted by atomic mass is 19.4. The molecule has 0 aliphatic carbocycles. The maximum absolute atomic E-state index is 12.2. The van der Waals surface area contributed by atoms with Gasteiger partial charge in [0, 0.05) is 17.5 Å². The lowest BCUT2D eigenvalue weighted by Crippen LogP contribution is -2.17. The molecule has 4 N–H and O–H groups in total. The molecule has 9 nitrogen and oxygen atoms in total. The molecule has 0 aliphatic rings. The standard InChI is InChI=1S/C30H29F3N2O7/c31-30(32,33)42-26-12-8-21(9-13-26)29(38)41-25-10-5-20(6-11-25)7-14-27(36)39-15-3-1-2-4-16-40-28(37)22-17-23(34)19-24(35)18-22/h5-14,17-19H,1-4,15-16,34-35H2. The lowest BCUT2D eigenvalue weighted by Gasteiger charge is -2.09. The van der Waals surface area contributed by atoms with E-state index in [0.29, 0.717) is 35.3 Å². The number of carbonyl (C=O) groups is 3. The Morgan fingerprint density at radius 1 is 0.690 bits per heavy atom. The average molecular weight is 587 g/mol. The smallest absolute Gasteiger partial charge is 0.463 e. The van der Waals surface area contributed by atoms with E-state index in [1.54, 1.807) is 18.2 Å². The summed E-state index contributed by atoms with van der Waals surface area (Å²) in [6.07, 6.45) is 0.860. The number of hydrogen-bond donors (Lipinski definition) is 2. The molecule has 0 amide bonds. The van der Waals surface area contributed by atoms with Crippen molar-refractivity contribution >= 4 is 35.4 Å². The highest BCUT2D eigenvalue weighted by Crippen LogP contribution is 2.23. The number of alkyl halides is 3. The fourth-order valence-electron chi connectivity index (χ4n) is 3.59. The number of rotatable bonds is 13. The number of benzene rings is 3. The summed E-state index contributed by atoms with van der Waals surface area (Å²) in [4.78, 5) is 36.2. The fourth-order valence-corrected chi connectivity index (χ4v) is 3.59. The number of anilines is 2. The van der Waals surface area contributed by atoms with Crippen molar-refractivity contribution in [2.75, 3.05) is 24.7 Å². The summed E-state index contributed by atoms with van der Waals surface area (Å²) < 4.78 is 56.1. The first-order valence-corrected chi connectivity index (χ1v) is 12.8. The third kappa shape index (κ3) is 11.2. The highest BCUT2D eigenvalue weighted by Gasteiger charge is 2.31. The number of ether oxygens (including phenoxy) is 4. The summed E-state index contributed by atoms with van der Waals surface area (Å²) >= 11 is 0. The van der Waals surface area contributed by atoms with Gasteiger partial charge in [-0.05, 0) is 91.9 Å². The number of unbranched alkanes of at least 4 members (excludes halogenated alkanes) is 3. The lowest BCUT2D eigenvalue weighted by atomic mass is 10.2. The second-order valence-electron chi connectivity index (χ2n) is 8.97. The van der Waals surface area contributed by atoms with Crippen LogP contribution in [0.5, 0.6) is 11.5 Å². The van der Waals surface area contributed by atoms with Gasteiger partial charge in [-0.2, -0.15) is 0 Å². The Hall–Kier alpha value is -5.00. The summed E-state index contributed by atoms with van der Waals surface area (Å²) in [5.41, 5.74) is 13.1. The van der Waals surface area contributed by atoms with Crippen LogP contribution >= 0.6 is 0 Å². The van der Waals surface area contributed by atoms with Gasteiger partial charge in [-0.3, -0.25) is 0 Å². The Morgan fingerprint density at radius 3 is 1.86 bits per heavy atom. The number of hydrogen-bond acceptors (Lipinski definition) is 9. The second kappa shape index (κ2) is 15.1. The van der Waals surface area contributed by atoms with Crippen LogP contribution in [-0.2, 0) is 14.3 Å². The molecule has 12 heteroatoms. The maximum atomic E-state index is 12.2. The van der Waals surface area contributed by atoms with Crippen LogP contribution < -0.4 is 20.9 Å². The van der Waals surface area contributed by atoms with Crippen LogP contribution in [0.25, 0.3) is 6.08 Å². The van der Waals surface area contributed by atoms with Gasteiger partial charge in [-0.15, -0.1) is 13.2 Å². The number of esters is 3. The first-order valence-electron chi connectivity index (χ1n) is 12.8. The molecule has 0 radical (unpaired) electrons. The Bertz CT molecular complexity index is 1370. The molecule has 0 aliphatic heterocycles. The highest BCUT2D eigenvalue weighted by molar-refractivity contribution is 5.92. The number of nitrogen functional groups attached to an aromatic ring is 2. The van der Waals surface area contributed by atoms with Gasteiger partial charge in [0.05, 0.1) is 24.3 Å². The lowest BCUT2D eigenvalue weighted by molar-refractivity contribution is -0.274. The van der Waals surface area contributed by atoms with Crippen LogP contribution in [-0.4, -0.2) is 37.5 Å². The summed E-state index contributed by atoms with van der Waals surface area (Å²) in [7, 11) is 0. The molecule has 0 saturated carbocycles. The van der Waals surface area contributed by atoms with E-state index in [1.807, 2.05) is 0 Å². The SMILES string of the molecule is Nc1cc(N)cc(C(=O)OCCCCCCOC(=O)C=Cc2ccc(OC(=O)c3ccc(OC(F)(F)F)cc3)cc2)c1. The minimum absolute atomic E-state index is 0.0414. The molecule has 0 fully saturated rings. The molecular formula is C30H29F3N2O7. The summed E-state index contributed by atoms with van der Waals surface area (Å²) in [5, 5.41) is 0. The molecule has 3 rings (SSSR count). The molecule has 42 heavy (non-hydrogen) atoms. The van der Waals surface area contributed by atoms with Crippen molar-refractivity contribution < 1.29 is 46.5 Å². The minimum atomic E-state index is -4.83. The van der Waals surface area contributed by atoms with Crippen LogP contribution in [0.3, 0.4) is 0 Å². The zero-order valence-corrected chi connectivity index (χ0v) is 22.4. The Morgan fingerprint density at radius 2 is 1.26 bits per heavy atom. The number of nitrogens with two attached hydrogens (primary N) is 2. The molecule has 3 aromatic rings. The molecule has 0 heterocycles. The normalized spacial score (nSPS) is 11.2. The Labute approximate surface area is 239 Å². The first-order chi connectivity index (χ1) is 20.0. The third-order valence-electron chi connectivity index (χ3n) is 5.56. The molecule has 0 atom stereocenters. The van der Waals surface area contributed by atoms with Crippen molar-refractivity contribution in [1.82, 2.24) is 0 Å². The van der Waals surface area contributed by atoms with Gasteiger partial charge < -0.3 is 30.4 Å². The van der Waals surface area contributed by atoms with Gasteiger partial charge in [-0.1, -0.05) is 12.1 Å². The summed E-state index contributed by atoms with van der Waals surface area (Å²) in [6.45, 7) is 0.492. The number of halogens is 3. The zero-order chi connectivity index (χ0) is 30.5. The van der Waals surface area contributed by atoms with E-state index in [4.69, 9.17) is 25.7 Å². The predicted molar refractivity (Wildman–Crippen MR) is 149 cm³/mol. The minimum Gasteiger partial charge on any atom is -0.463 e. The van der Waals surface area contributed by atoms with E-state index >= 15 is 0 Å². The van der Waals surface area contributed by atoms with E-state index < -0.39 is 30.0 Å². The van der Waals surface area contributed by atoms with Crippen molar-refractivity contribution in [2.24, 2.45) is 0 Å². The number of carbonyl (C=O) groups excluding carboxylic acids is 3. The Kier molecular flexibility index (Phi) is 11.4. The van der Waals surface area contributed by atoms with Gasteiger partial charge in [0.1, 0.15) is 11.5 Å². The van der Waals surface area contributed by atoms with Crippen LogP contribution in [0, 0.1) is 0 Å². The van der Waals surface area contributed by atoms with E-state index in [9.17, 15) is 27.6 Å². The van der Waals surface area contributed by atoms with Gasteiger partial charge >= 0.3 is 24.3 Å². The molecule has 0 unspecified atom stereocenters. The monoisotopic (exact) mass is 586 g/mol. The molecule has 3 aromatic carbocycles. The van der Waals surface area contributed by atoms with Crippen molar-refractivity contribution in [3.63, 3.8) is 0 Å². The predicted octanol–water partition coefficient (Wildman–Crippen LogP) is 5.94. The zero-order valence-electron chi connectivity index (χ0n) is 22.4. The van der Waals surface area contributed by atoms with Crippen LogP contribution in [0.4, 0.5) is 24.5 Å². The molecule has 0 saturated heterocycles. The third-order valence-corrected chi connectivity index (χ3v) is 5.56. The van der Waals surface area contributed by atoms with Gasteiger partial charge in [0.25, 0.3) is 0 Å². The second-order valence-corrected chi connectivity index (χ2v) is 8.97. The van der Waals surface area contributed by atoms with Crippen molar-refractivity contribution in [3.8, 4) is 11.5 Å². The molecule has 0 bridgehead atoms. The van der Waals surface area contributed by atoms with E-state index in [2.05, 4.69) is 4.74 Å². The largest absolute Gasteiger partial charge is 0.573 e.